The number of rotatable bonds is 18. The maximum absolute atomic E-state index is 14.5. The molecule has 0 aliphatic carbocycles. The topological polar surface area (TPSA) is 152 Å². The Morgan fingerprint density at radius 2 is 1.19 bits per heavy atom. The number of amides is 4. The lowest BCUT2D eigenvalue weighted by molar-refractivity contribution is -0.146. The molecular formula is C54H68N4O8Si. The van der Waals surface area contributed by atoms with Crippen molar-refractivity contribution in [2.24, 2.45) is 0 Å². The number of Topliss-reactive ketones (excluding diaryl/α,β-unsaturated/α-hetero) is 1. The van der Waals surface area contributed by atoms with Crippen LogP contribution in [0.25, 0.3) is 0 Å². The number of hydrogen-bond donors (Lipinski definition) is 3. The van der Waals surface area contributed by atoms with Gasteiger partial charge in [-0.1, -0.05) is 118 Å². The molecule has 6 rings (SSSR count). The van der Waals surface area contributed by atoms with Gasteiger partial charge < -0.3 is 34.8 Å². The second-order valence-corrected chi connectivity index (χ2v) is 22.7. The third-order valence-corrected chi connectivity index (χ3v) is 17.8. The van der Waals surface area contributed by atoms with E-state index in [1.54, 1.807) is 11.0 Å². The van der Waals surface area contributed by atoms with Crippen molar-refractivity contribution in [2.45, 2.75) is 128 Å². The second kappa shape index (κ2) is 23.6. The van der Waals surface area contributed by atoms with Crippen molar-refractivity contribution < 1.29 is 37.9 Å². The van der Waals surface area contributed by atoms with Gasteiger partial charge in [0.1, 0.15) is 41.8 Å². The predicted molar refractivity (Wildman–Crippen MR) is 264 cm³/mol. The SMILES string of the molecule is CCOc1ccc(C[C@@H]2NC(=O)[C@H](CCC=CCC(=O)[C@@H](C)O[Si](c3ccccc3)(c3ccccc3)C(C)(C)C)NC(=O)[C@H]3CCCCN3C(=O)[C@H](Cc3ccc(OCC)cc3)NC2=O)cc1. The fraction of sp³-hybridized carbons (Fsp3) is 0.426. The lowest BCUT2D eigenvalue weighted by Gasteiger charge is -2.44. The van der Waals surface area contributed by atoms with Crippen molar-refractivity contribution in [3.05, 3.63) is 132 Å². The van der Waals surface area contributed by atoms with E-state index in [0.717, 1.165) is 27.9 Å². The quantitative estimate of drug-likeness (QED) is 0.0769. The van der Waals surface area contributed by atoms with Crippen LogP contribution in [0.1, 0.15) is 91.2 Å². The van der Waals surface area contributed by atoms with Crippen LogP contribution in [-0.4, -0.2) is 92.7 Å². The summed E-state index contributed by atoms with van der Waals surface area (Å²) in [5.41, 5.74) is 1.57. The molecule has 2 aliphatic heterocycles. The molecule has 0 bridgehead atoms. The minimum Gasteiger partial charge on any atom is -0.494 e. The Morgan fingerprint density at radius 3 is 1.73 bits per heavy atom. The molecule has 5 atom stereocenters. The Kier molecular flexibility index (Phi) is 17.7. The van der Waals surface area contributed by atoms with Gasteiger partial charge in [-0.05, 0) is 104 Å². The average molecular weight is 929 g/mol. The number of nitrogens with zero attached hydrogens (tertiary/aromatic N) is 1. The molecule has 2 fully saturated rings. The van der Waals surface area contributed by atoms with Crippen LogP contribution in [0.5, 0.6) is 11.5 Å². The lowest BCUT2D eigenvalue weighted by atomic mass is 9.96. The Hall–Kier alpha value is -6.05. The number of ketones is 1. The zero-order chi connectivity index (χ0) is 48.0. The molecule has 0 spiro atoms. The standard InChI is InChI=1S/C54H68N4O8Si/c1-7-64-41-31-27-39(28-32-41)36-46-51(61)57-47(37-40-29-33-42(34-30-40)65-8-2)53(63)58-35-19-18-25-48(58)52(62)55-45(50(60)56-46)24-16-11-17-26-49(59)38(3)66-67(54(4,5)6,43-20-12-9-13-21-43)44-22-14-10-15-23-44/h9-15,17,20-23,27-34,38,45-48H,7-8,16,18-19,24-26,35-37H2,1-6H3,(H,55,62)(H,56,60)(H,57,61)/t38-,45+,46+,47+,48-/m1/s1. The highest BCUT2D eigenvalue weighted by atomic mass is 28.4. The van der Waals surface area contributed by atoms with Crippen molar-refractivity contribution in [3.63, 3.8) is 0 Å². The number of ether oxygens (including phenoxy) is 2. The first-order valence-electron chi connectivity index (χ1n) is 23.9. The number of allylic oxidation sites excluding steroid dienone is 2. The van der Waals surface area contributed by atoms with Crippen LogP contribution in [0.2, 0.25) is 5.04 Å². The van der Waals surface area contributed by atoms with Gasteiger partial charge in [0.25, 0.3) is 8.32 Å². The van der Waals surface area contributed by atoms with E-state index >= 15 is 0 Å². The number of piperidine rings is 1. The molecule has 3 N–H and O–H groups in total. The van der Waals surface area contributed by atoms with Crippen LogP contribution in [-0.2, 0) is 41.2 Å². The van der Waals surface area contributed by atoms with Crippen molar-refractivity contribution >= 4 is 48.1 Å². The molecule has 4 aromatic carbocycles. The first-order valence-corrected chi connectivity index (χ1v) is 25.8. The van der Waals surface area contributed by atoms with E-state index in [1.165, 1.54) is 0 Å². The van der Waals surface area contributed by atoms with Gasteiger partial charge in [0, 0.05) is 25.8 Å². The molecule has 12 nitrogen and oxygen atoms in total. The molecule has 2 saturated heterocycles. The fourth-order valence-corrected chi connectivity index (χ4v) is 13.9. The van der Waals surface area contributed by atoms with E-state index in [2.05, 4.69) is 61.0 Å². The van der Waals surface area contributed by atoms with Crippen LogP contribution in [0.15, 0.2) is 121 Å². The lowest BCUT2D eigenvalue weighted by Crippen LogP contribution is -2.68. The first-order chi connectivity index (χ1) is 32.2. The maximum atomic E-state index is 14.5. The van der Waals surface area contributed by atoms with Crippen molar-refractivity contribution in [1.29, 1.82) is 0 Å². The highest BCUT2D eigenvalue weighted by molar-refractivity contribution is 6.99. The zero-order valence-electron chi connectivity index (χ0n) is 39.9. The fourth-order valence-electron chi connectivity index (χ4n) is 9.18. The van der Waals surface area contributed by atoms with Gasteiger partial charge >= 0.3 is 0 Å². The normalized spacial score (nSPS) is 20.1. The molecule has 0 aromatic heterocycles. The van der Waals surface area contributed by atoms with Crippen LogP contribution in [0, 0.1) is 0 Å². The smallest absolute Gasteiger partial charge is 0.262 e. The van der Waals surface area contributed by atoms with Gasteiger partial charge in [-0.15, -0.1) is 0 Å². The average Bonchev–Trinajstić information content (AvgIpc) is 3.33. The Balaban J connectivity index is 1.20. The van der Waals surface area contributed by atoms with Crippen molar-refractivity contribution in [3.8, 4) is 11.5 Å². The molecule has 356 valence electrons. The molecule has 13 heteroatoms. The first kappa shape index (κ1) is 50.4. The predicted octanol–water partition coefficient (Wildman–Crippen LogP) is 6.38. The minimum absolute atomic E-state index is 0.0766. The van der Waals surface area contributed by atoms with E-state index in [-0.39, 0.29) is 42.4 Å². The highest BCUT2D eigenvalue weighted by Crippen LogP contribution is 2.37. The van der Waals surface area contributed by atoms with E-state index in [1.807, 2.05) is 112 Å². The molecule has 0 unspecified atom stereocenters. The molecule has 0 saturated carbocycles. The van der Waals surface area contributed by atoms with Gasteiger partial charge in [0.15, 0.2) is 5.78 Å². The number of benzene rings is 4. The van der Waals surface area contributed by atoms with E-state index < -0.39 is 56.3 Å². The molecule has 2 heterocycles. The summed E-state index contributed by atoms with van der Waals surface area (Å²) in [7, 11) is -2.97. The monoisotopic (exact) mass is 928 g/mol. The number of hydrogen-bond acceptors (Lipinski definition) is 8. The van der Waals surface area contributed by atoms with Gasteiger partial charge in [-0.3, -0.25) is 24.0 Å². The summed E-state index contributed by atoms with van der Waals surface area (Å²) in [6.45, 7) is 13.5. The number of fused-ring (bicyclic) bond motifs is 1. The molecule has 4 aromatic rings. The highest BCUT2D eigenvalue weighted by Gasteiger charge is 2.51. The summed E-state index contributed by atoms with van der Waals surface area (Å²) in [6, 6.07) is 31.1. The summed E-state index contributed by atoms with van der Waals surface area (Å²) in [6.07, 6.45) is 5.74. The summed E-state index contributed by atoms with van der Waals surface area (Å²) >= 11 is 0. The Morgan fingerprint density at radius 1 is 0.687 bits per heavy atom. The summed E-state index contributed by atoms with van der Waals surface area (Å²) in [4.78, 5) is 72.9. The van der Waals surface area contributed by atoms with Crippen LogP contribution in [0.4, 0.5) is 0 Å². The molecule has 2 aliphatic rings. The Labute approximate surface area is 397 Å². The molecular weight excluding hydrogens is 861 g/mol. The van der Waals surface area contributed by atoms with Crippen molar-refractivity contribution in [2.75, 3.05) is 19.8 Å². The molecule has 0 radical (unpaired) electrons. The van der Waals surface area contributed by atoms with Gasteiger partial charge in [-0.25, -0.2) is 0 Å². The van der Waals surface area contributed by atoms with Crippen LogP contribution in [0.3, 0.4) is 0 Å². The van der Waals surface area contributed by atoms with Gasteiger partial charge in [0.2, 0.25) is 23.6 Å². The van der Waals surface area contributed by atoms with Crippen LogP contribution >= 0.6 is 0 Å². The van der Waals surface area contributed by atoms with E-state index in [9.17, 15) is 24.0 Å². The van der Waals surface area contributed by atoms with Crippen molar-refractivity contribution in [1.82, 2.24) is 20.9 Å². The molecule has 4 amide bonds. The largest absolute Gasteiger partial charge is 0.494 e. The molecule has 67 heavy (non-hydrogen) atoms. The Bertz CT molecular complexity index is 2260. The maximum Gasteiger partial charge on any atom is 0.262 e. The number of carbonyl (C=O) groups is 5. The third-order valence-electron chi connectivity index (χ3n) is 12.6. The van der Waals surface area contributed by atoms with E-state index in [4.69, 9.17) is 13.9 Å². The van der Waals surface area contributed by atoms with E-state index in [0.29, 0.717) is 50.5 Å². The van der Waals surface area contributed by atoms with Gasteiger partial charge in [0.05, 0.1) is 13.2 Å². The number of nitrogens with one attached hydrogen (secondary N) is 3. The second-order valence-electron chi connectivity index (χ2n) is 18.4. The summed E-state index contributed by atoms with van der Waals surface area (Å²) in [5, 5.41) is 10.8. The summed E-state index contributed by atoms with van der Waals surface area (Å²) < 4.78 is 18.3. The third kappa shape index (κ3) is 12.9. The van der Waals surface area contributed by atoms with Gasteiger partial charge in [-0.2, -0.15) is 0 Å². The number of carbonyl (C=O) groups excluding carboxylic acids is 5. The summed E-state index contributed by atoms with van der Waals surface area (Å²) in [5.74, 6) is -0.521. The minimum atomic E-state index is -2.97. The van der Waals surface area contributed by atoms with Crippen LogP contribution < -0.4 is 35.8 Å². The zero-order valence-corrected chi connectivity index (χ0v) is 40.9.